The van der Waals surface area contributed by atoms with Gasteiger partial charge in [0.15, 0.2) is 0 Å². The Hall–Kier alpha value is -2.31. The van der Waals surface area contributed by atoms with E-state index in [1.807, 2.05) is 0 Å². The lowest BCUT2D eigenvalue weighted by Gasteiger charge is -2.14. The SMILES string of the molecule is CC(C)c1ccccc1N1C=[N+](c2ccccc2C(C)C)CC1.F[B-](F)(F)F. The van der Waals surface area contributed by atoms with E-state index in [9.17, 15) is 17.3 Å². The third kappa shape index (κ3) is 6.11. The fourth-order valence-electron chi connectivity index (χ4n) is 3.34. The number of para-hydroxylation sites is 2. The van der Waals surface area contributed by atoms with E-state index in [0.29, 0.717) is 11.8 Å². The van der Waals surface area contributed by atoms with Crippen molar-refractivity contribution in [3.8, 4) is 0 Å². The second kappa shape index (κ2) is 9.26. The molecule has 0 N–H and O–H groups in total. The normalized spacial score (nSPS) is 14.2. The molecule has 0 saturated heterocycles. The van der Waals surface area contributed by atoms with Crippen molar-refractivity contribution in [2.45, 2.75) is 39.5 Å². The predicted molar refractivity (Wildman–Crippen MR) is 109 cm³/mol. The number of halogens is 4. The molecule has 0 amide bonds. The van der Waals surface area contributed by atoms with Gasteiger partial charge in [-0.2, -0.15) is 0 Å². The zero-order chi connectivity index (χ0) is 20.9. The molecule has 152 valence electrons. The Morgan fingerprint density at radius 1 is 0.821 bits per heavy atom. The van der Waals surface area contributed by atoms with Crippen molar-refractivity contribution >= 4 is 25.0 Å². The molecule has 0 aliphatic carbocycles. The van der Waals surface area contributed by atoms with Gasteiger partial charge in [-0.25, -0.2) is 9.48 Å². The molecule has 3 rings (SSSR count). The average Bonchev–Trinajstić information content (AvgIpc) is 3.10. The summed E-state index contributed by atoms with van der Waals surface area (Å²) in [5.74, 6) is 1.08. The van der Waals surface area contributed by atoms with Crippen molar-refractivity contribution in [1.82, 2.24) is 0 Å². The van der Waals surface area contributed by atoms with Crippen LogP contribution in [0.25, 0.3) is 0 Å². The van der Waals surface area contributed by atoms with E-state index >= 15 is 0 Å². The number of hydrogen-bond donors (Lipinski definition) is 0. The molecule has 0 fully saturated rings. The first kappa shape index (κ1) is 22.0. The number of hydrogen-bond acceptors (Lipinski definition) is 1. The van der Waals surface area contributed by atoms with Gasteiger partial charge in [0.25, 0.3) is 0 Å². The number of rotatable bonds is 4. The van der Waals surface area contributed by atoms with Crippen LogP contribution in [0.5, 0.6) is 0 Å². The summed E-state index contributed by atoms with van der Waals surface area (Å²) in [6.45, 7) is 11.1. The molecular weight excluding hydrogens is 367 g/mol. The highest BCUT2D eigenvalue weighted by Gasteiger charge is 2.26. The Morgan fingerprint density at radius 3 is 1.89 bits per heavy atom. The highest BCUT2D eigenvalue weighted by atomic mass is 19.5. The summed E-state index contributed by atoms with van der Waals surface area (Å²) < 4.78 is 41.4. The second-order valence-corrected chi connectivity index (χ2v) is 7.42. The van der Waals surface area contributed by atoms with Gasteiger partial charge in [-0.1, -0.05) is 64.1 Å². The summed E-state index contributed by atoms with van der Waals surface area (Å²) >= 11 is 0. The van der Waals surface area contributed by atoms with Gasteiger partial charge in [0.2, 0.25) is 6.34 Å². The first-order chi connectivity index (χ1) is 13.1. The van der Waals surface area contributed by atoms with Gasteiger partial charge in [0.1, 0.15) is 24.5 Å². The van der Waals surface area contributed by atoms with Gasteiger partial charge in [-0.15, -0.1) is 0 Å². The molecule has 0 radical (unpaired) electrons. The molecule has 0 unspecified atom stereocenters. The molecule has 0 spiro atoms. The average molecular weight is 394 g/mol. The Morgan fingerprint density at radius 2 is 1.32 bits per heavy atom. The van der Waals surface area contributed by atoms with Gasteiger partial charge in [0.05, 0.1) is 0 Å². The third-order valence-corrected chi connectivity index (χ3v) is 4.60. The van der Waals surface area contributed by atoms with E-state index in [1.165, 1.54) is 22.5 Å². The van der Waals surface area contributed by atoms with Gasteiger partial charge >= 0.3 is 7.25 Å². The number of anilines is 1. The van der Waals surface area contributed by atoms with E-state index in [0.717, 1.165) is 13.1 Å². The number of benzene rings is 2. The highest BCUT2D eigenvalue weighted by molar-refractivity contribution is 6.50. The summed E-state index contributed by atoms with van der Waals surface area (Å²) in [4.78, 5) is 2.40. The predicted octanol–water partition coefficient (Wildman–Crippen LogP) is 6.43. The van der Waals surface area contributed by atoms with Crippen LogP contribution < -0.4 is 4.90 Å². The number of nitrogens with zero attached hydrogens (tertiary/aromatic N) is 2. The largest absolute Gasteiger partial charge is 0.673 e. The Balaban J connectivity index is 0.000000500. The van der Waals surface area contributed by atoms with Crippen LogP contribution in [0.1, 0.15) is 50.7 Å². The van der Waals surface area contributed by atoms with Crippen LogP contribution in [-0.4, -0.2) is 31.3 Å². The molecule has 2 aromatic carbocycles. The lowest BCUT2D eigenvalue weighted by molar-refractivity contribution is -0.424. The quantitative estimate of drug-likeness (QED) is 0.329. The maximum absolute atomic E-state index is 9.75. The second-order valence-electron chi connectivity index (χ2n) is 7.42. The Labute approximate surface area is 164 Å². The molecule has 1 aliphatic rings. The molecular formula is C21H27BF4N2. The van der Waals surface area contributed by atoms with Crippen LogP contribution >= 0.6 is 0 Å². The van der Waals surface area contributed by atoms with Crippen molar-refractivity contribution in [3.05, 3.63) is 59.7 Å². The van der Waals surface area contributed by atoms with E-state index in [2.05, 4.69) is 92.0 Å². The molecule has 0 saturated carbocycles. The summed E-state index contributed by atoms with van der Waals surface area (Å²) in [7, 11) is -6.00. The lowest BCUT2D eigenvalue weighted by atomic mass is 10.0. The Bertz CT molecular complexity index is 810. The summed E-state index contributed by atoms with van der Waals surface area (Å²) in [6.07, 6.45) is 2.28. The van der Waals surface area contributed by atoms with E-state index in [1.54, 1.807) is 0 Å². The molecule has 7 heteroatoms. The Kier molecular flexibility index (Phi) is 7.27. The van der Waals surface area contributed by atoms with Gasteiger partial charge in [0, 0.05) is 11.1 Å². The maximum Gasteiger partial charge on any atom is 0.673 e. The van der Waals surface area contributed by atoms with Crippen LogP contribution in [-0.2, 0) is 0 Å². The van der Waals surface area contributed by atoms with Crippen molar-refractivity contribution in [1.29, 1.82) is 0 Å². The lowest BCUT2D eigenvalue weighted by Crippen LogP contribution is -2.20. The zero-order valence-corrected chi connectivity index (χ0v) is 16.7. The third-order valence-electron chi connectivity index (χ3n) is 4.60. The molecule has 0 atom stereocenters. The van der Waals surface area contributed by atoms with Crippen molar-refractivity contribution < 1.29 is 21.8 Å². The van der Waals surface area contributed by atoms with Crippen molar-refractivity contribution in [3.63, 3.8) is 0 Å². The fraction of sp³-hybridized carbons (Fsp3) is 0.381. The first-order valence-electron chi connectivity index (χ1n) is 9.51. The van der Waals surface area contributed by atoms with Gasteiger partial charge < -0.3 is 17.3 Å². The van der Waals surface area contributed by atoms with Crippen LogP contribution in [0.3, 0.4) is 0 Å². The highest BCUT2D eigenvalue weighted by Crippen LogP contribution is 2.30. The van der Waals surface area contributed by atoms with Crippen LogP contribution in [0.15, 0.2) is 48.5 Å². The van der Waals surface area contributed by atoms with E-state index in [4.69, 9.17) is 0 Å². The van der Waals surface area contributed by atoms with Crippen molar-refractivity contribution in [2.24, 2.45) is 0 Å². The molecule has 0 aromatic heterocycles. The first-order valence-corrected chi connectivity index (χ1v) is 9.51. The fourth-order valence-corrected chi connectivity index (χ4v) is 3.34. The molecule has 1 aliphatic heterocycles. The minimum atomic E-state index is -6.00. The molecule has 0 bridgehead atoms. The molecule has 28 heavy (non-hydrogen) atoms. The zero-order valence-electron chi connectivity index (χ0n) is 16.7. The van der Waals surface area contributed by atoms with Crippen LogP contribution in [0.2, 0.25) is 0 Å². The molecule has 2 nitrogen and oxygen atoms in total. The monoisotopic (exact) mass is 394 g/mol. The summed E-state index contributed by atoms with van der Waals surface area (Å²) in [6, 6.07) is 17.5. The summed E-state index contributed by atoms with van der Waals surface area (Å²) in [5.41, 5.74) is 5.52. The topological polar surface area (TPSA) is 6.25 Å². The smallest absolute Gasteiger partial charge is 0.418 e. The standard InChI is InChI=1S/C21H27N2.BF4/c1-16(2)18-9-5-7-11-20(18)22-13-14-23(15-22)21-12-8-6-10-19(21)17(3)4;2-1(3,4)5/h5-12,15-17H,13-14H2,1-4H3;/q+1;-1. The van der Waals surface area contributed by atoms with Crippen LogP contribution in [0.4, 0.5) is 28.6 Å². The van der Waals surface area contributed by atoms with Crippen molar-refractivity contribution in [2.75, 3.05) is 18.0 Å². The minimum Gasteiger partial charge on any atom is -0.418 e. The van der Waals surface area contributed by atoms with Crippen LogP contribution in [0, 0.1) is 0 Å². The van der Waals surface area contributed by atoms with Gasteiger partial charge in [-0.05, 0) is 24.0 Å². The van der Waals surface area contributed by atoms with E-state index < -0.39 is 7.25 Å². The molecule has 1 heterocycles. The van der Waals surface area contributed by atoms with E-state index in [-0.39, 0.29) is 0 Å². The van der Waals surface area contributed by atoms with Gasteiger partial charge in [-0.3, -0.25) is 0 Å². The minimum absolute atomic E-state index is 0.539. The molecule has 2 aromatic rings. The maximum atomic E-state index is 9.75. The summed E-state index contributed by atoms with van der Waals surface area (Å²) in [5, 5.41) is 0.